The molecule has 1 saturated heterocycles. The van der Waals surface area contributed by atoms with Gasteiger partial charge in [-0.2, -0.15) is 0 Å². The molecule has 1 aromatic carbocycles. The number of furan rings is 1. The number of nitrogens with zero attached hydrogens (tertiary/aromatic N) is 2. The highest BCUT2D eigenvalue weighted by Gasteiger charge is 2.25. The maximum Gasteiger partial charge on any atom is 0.257 e. The molecule has 0 bridgehead atoms. The van der Waals surface area contributed by atoms with E-state index in [0.29, 0.717) is 42.2 Å². The summed E-state index contributed by atoms with van der Waals surface area (Å²) in [7, 11) is 1.57. The van der Waals surface area contributed by atoms with E-state index in [9.17, 15) is 9.59 Å². The Morgan fingerprint density at radius 1 is 1.23 bits per heavy atom. The molecule has 2 aromatic heterocycles. The Kier molecular flexibility index (Phi) is 5.35. The van der Waals surface area contributed by atoms with Crippen LogP contribution in [0.25, 0.3) is 0 Å². The summed E-state index contributed by atoms with van der Waals surface area (Å²) in [5.41, 5.74) is 3.75. The van der Waals surface area contributed by atoms with E-state index in [-0.39, 0.29) is 11.8 Å². The number of aryl methyl sites for hydroxylation is 1. The zero-order chi connectivity index (χ0) is 21.3. The molecule has 1 aliphatic rings. The van der Waals surface area contributed by atoms with Crippen molar-refractivity contribution in [1.82, 2.24) is 4.57 Å². The minimum absolute atomic E-state index is 0.0678. The fraction of sp³-hybridized carbons (Fsp3) is 0.304. The van der Waals surface area contributed by atoms with Gasteiger partial charge in [-0.25, -0.2) is 0 Å². The van der Waals surface area contributed by atoms with Crippen molar-refractivity contribution in [3.05, 3.63) is 65.4 Å². The third kappa shape index (κ3) is 3.70. The number of anilines is 2. The van der Waals surface area contributed by atoms with Crippen LogP contribution in [-0.2, 0) is 11.3 Å². The van der Waals surface area contributed by atoms with Crippen LogP contribution in [0, 0.1) is 13.8 Å². The summed E-state index contributed by atoms with van der Waals surface area (Å²) in [5.74, 6) is 1.31. The molecule has 7 nitrogen and oxygen atoms in total. The van der Waals surface area contributed by atoms with Crippen molar-refractivity contribution >= 4 is 23.2 Å². The van der Waals surface area contributed by atoms with Gasteiger partial charge in [-0.15, -0.1) is 0 Å². The standard InChI is InChI=1S/C23H25N3O4/c1-15-12-19(16(2)26(15)14-18-6-5-11-30-18)23(28)24-17-8-9-21(29-3)20(13-17)25-10-4-7-22(25)27/h5-6,8-9,11-13H,4,7,10,14H2,1-3H3,(H,24,28). The monoisotopic (exact) mass is 407 g/mol. The van der Waals surface area contributed by atoms with Gasteiger partial charge >= 0.3 is 0 Å². The topological polar surface area (TPSA) is 76.7 Å². The molecule has 0 saturated carbocycles. The van der Waals surface area contributed by atoms with E-state index in [0.717, 1.165) is 23.6 Å². The van der Waals surface area contributed by atoms with Crippen molar-refractivity contribution in [3.8, 4) is 5.75 Å². The Labute approximate surface area is 175 Å². The van der Waals surface area contributed by atoms with Gasteiger partial charge in [0.25, 0.3) is 5.91 Å². The van der Waals surface area contributed by atoms with Crippen molar-refractivity contribution in [3.63, 3.8) is 0 Å². The minimum atomic E-state index is -0.197. The molecule has 4 rings (SSSR count). The molecule has 3 heterocycles. The highest BCUT2D eigenvalue weighted by molar-refractivity contribution is 6.06. The second-order valence-electron chi connectivity index (χ2n) is 7.44. The van der Waals surface area contributed by atoms with E-state index < -0.39 is 0 Å². The highest BCUT2D eigenvalue weighted by atomic mass is 16.5. The Morgan fingerprint density at radius 2 is 2.07 bits per heavy atom. The molecule has 3 aromatic rings. The van der Waals surface area contributed by atoms with Crippen LogP contribution in [0.2, 0.25) is 0 Å². The van der Waals surface area contributed by atoms with Crippen molar-refractivity contribution in [2.75, 3.05) is 23.9 Å². The zero-order valence-corrected chi connectivity index (χ0v) is 17.4. The SMILES string of the molecule is COc1ccc(NC(=O)c2cc(C)n(Cc3ccco3)c2C)cc1N1CCCC1=O. The maximum absolute atomic E-state index is 13.0. The number of carbonyl (C=O) groups excluding carboxylic acids is 2. The molecule has 0 unspecified atom stereocenters. The van der Waals surface area contributed by atoms with E-state index in [4.69, 9.17) is 9.15 Å². The molecule has 156 valence electrons. The fourth-order valence-corrected chi connectivity index (χ4v) is 3.91. The summed E-state index contributed by atoms with van der Waals surface area (Å²) in [6, 6.07) is 11.0. The third-order valence-corrected chi connectivity index (χ3v) is 5.51. The largest absolute Gasteiger partial charge is 0.495 e. The van der Waals surface area contributed by atoms with Gasteiger partial charge in [0.2, 0.25) is 5.91 Å². The number of rotatable bonds is 6. The van der Waals surface area contributed by atoms with Crippen molar-refractivity contribution < 1.29 is 18.7 Å². The minimum Gasteiger partial charge on any atom is -0.495 e. The first-order chi connectivity index (χ1) is 14.5. The average Bonchev–Trinajstić information content (AvgIpc) is 3.46. The fourth-order valence-electron chi connectivity index (χ4n) is 3.91. The van der Waals surface area contributed by atoms with Gasteiger partial charge < -0.3 is 23.9 Å². The van der Waals surface area contributed by atoms with Crippen LogP contribution in [0.15, 0.2) is 47.1 Å². The Morgan fingerprint density at radius 3 is 2.73 bits per heavy atom. The second-order valence-corrected chi connectivity index (χ2v) is 7.44. The Balaban J connectivity index is 1.58. The van der Waals surface area contributed by atoms with Crippen LogP contribution in [0.1, 0.15) is 40.3 Å². The van der Waals surface area contributed by atoms with Crippen LogP contribution in [-0.4, -0.2) is 30.0 Å². The number of methoxy groups -OCH3 is 1. The van der Waals surface area contributed by atoms with Gasteiger partial charge in [0.05, 0.1) is 31.2 Å². The number of benzene rings is 1. The summed E-state index contributed by atoms with van der Waals surface area (Å²) in [6.07, 6.45) is 2.99. The van der Waals surface area contributed by atoms with Gasteiger partial charge in [0, 0.05) is 30.0 Å². The van der Waals surface area contributed by atoms with E-state index >= 15 is 0 Å². The van der Waals surface area contributed by atoms with Crippen LogP contribution in [0.3, 0.4) is 0 Å². The molecule has 0 aliphatic carbocycles. The quantitative estimate of drug-likeness (QED) is 0.666. The number of nitrogens with one attached hydrogen (secondary N) is 1. The number of aromatic nitrogens is 1. The number of ether oxygens (including phenoxy) is 1. The highest BCUT2D eigenvalue weighted by Crippen LogP contribution is 2.34. The summed E-state index contributed by atoms with van der Waals surface area (Å²) in [5, 5.41) is 2.96. The molecule has 0 radical (unpaired) electrons. The zero-order valence-electron chi connectivity index (χ0n) is 17.4. The van der Waals surface area contributed by atoms with Crippen LogP contribution in [0.4, 0.5) is 11.4 Å². The molecule has 1 aliphatic heterocycles. The summed E-state index contributed by atoms with van der Waals surface area (Å²) in [4.78, 5) is 26.9. The number of hydrogen-bond acceptors (Lipinski definition) is 4. The molecule has 2 amide bonds. The first-order valence-electron chi connectivity index (χ1n) is 9.97. The number of hydrogen-bond donors (Lipinski definition) is 1. The van der Waals surface area contributed by atoms with E-state index in [1.54, 1.807) is 36.5 Å². The van der Waals surface area contributed by atoms with E-state index in [2.05, 4.69) is 9.88 Å². The first kappa shape index (κ1) is 19.8. The van der Waals surface area contributed by atoms with Crippen molar-refractivity contribution in [2.45, 2.75) is 33.2 Å². The van der Waals surface area contributed by atoms with Gasteiger partial charge in [-0.05, 0) is 56.7 Å². The lowest BCUT2D eigenvalue weighted by Crippen LogP contribution is -2.24. The molecule has 0 spiro atoms. The summed E-state index contributed by atoms with van der Waals surface area (Å²) >= 11 is 0. The van der Waals surface area contributed by atoms with Crippen molar-refractivity contribution in [1.29, 1.82) is 0 Å². The summed E-state index contributed by atoms with van der Waals surface area (Å²) in [6.45, 7) is 5.12. The molecule has 0 atom stereocenters. The number of carbonyl (C=O) groups is 2. The predicted molar refractivity (Wildman–Crippen MR) is 114 cm³/mol. The Hall–Kier alpha value is -3.48. The van der Waals surface area contributed by atoms with E-state index in [1.807, 2.05) is 32.0 Å². The van der Waals surface area contributed by atoms with Crippen molar-refractivity contribution in [2.24, 2.45) is 0 Å². The molecular weight excluding hydrogens is 382 g/mol. The lowest BCUT2D eigenvalue weighted by molar-refractivity contribution is -0.117. The predicted octanol–water partition coefficient (Wildman–Crippen LogP) is 4.13. The lowest BCUT2D eigenvalue weighted by atomic mass is 10.2. The number of amides is 2. The average molecular weight is 407 g/mol. The van der Waals surface area contributed by atoms with Gasteiger partial charge in [-0.3, -0.25) is 9.59 Å². The molecule has 1 fully saturated rings. The van der Waals surface area contributed by atoms with Gasteiger partial charge in [0.1, 0.15) is 11.5 Å². The lowest BCUT2D eigenvalue weighted by Gasteiger charge is -2.20. The summed E-state index contributed by atoms with van der Waals surface area (Å²) < 4.78 is 12.9. The molecule has 1 N–H and O–H groups in total. The van der Waals surface area contributed by atoms with E-state index in [1.165, 1.54) is 0 Å². The van der Waals surface area contributed by atoms with Gasteiger partial charge in [-0.1, -0.05) is 0 Å². The smallest absolute Gasteiger partial charge is 0.257 e. The van der Waals surface area contributed by atoms with Crippen LogP contribution >= 0.6 is 0 Å². The van der Waals surface area contributed by atoms with Gasteiger partial charge in [0.15, 0.2) is 0 Å². The molecule has 30 heavy (non-hydrogen) atoms. The molecular formula is C23H25N3O4. The molecule has 7 heteroatoms. The first-order valence-corrected chi connectivity index (χ1v) is 9.97. The van der Waals surface area contributed by atoms with Crippen LogP contribution < -0.4 is 15.0 Å². The Bertz CT molecular complexity index is 1080. The normalized spacial score (nSPS) is 13.7. The second kappa shape index (κ2) is 8.10. The van der Waals surface area contributed by atoms with Crippen LogP contribution in [0.5, 0.6) is 5.75 Å². The maximum atomic E-state index is 13.0. The third-order valence-electron chi connectivity index (χ3n) is 5.51.